The van der Waals surface area contributed by atoms with Crippen LogP contribution in [0.2, 0.25) is 0 Å². The molecule has 1 aliphatic rings. The topological polar surface area (TPSA) is 72.7 Å². The van der Waals surface area contributed by atoms with Crippen LogP contribution in [0.1, 0.15) is 31.4 Å². The molecule has 0 saturated carbocycles. The smallest absolute Gasteiger partial charge is 0.410 e. The van der Waals surface area contributed by atoms with Crippen LogP contribution in [0.15, 0.2) is 30.3 Å². The van der Waals surface area contributed by atoms with Gasteiger partial charge in [-0.3, -0.25) is 15.0 Å². The molecule has 1 fully saturated rings. The number of cyclic esters (lactones) is 1. The van der Waals surface area contributed by atoms with Crippen molar-refractivity contribution in [3.8, 4) is 0 Å². The molecule has 6 heteroatoms. The van der Waals surface area contributed by atoms with Crippen LogP contribution in [0.25, 0.3) is 0 Å². The number of nitro groups is 1. The minimum atomic E-state index is -0.459. The van der Waals surface area contributed by atoms with E-state index >= 15 is 0 Å². The van der Waals surface area contributed by atoms with E-state index in [4.69, 9.17) is 4.74 Å². The fourth-order valence-electron chi connectivity index (χ4n) is 2.59. The minimum absolute atomic E-state index is 0.236. The molecule has 2 atom stereocenters. The summed E-state index contributed by atoms with van der Waals surface area (Å²) >= 11 is 0. The number of rotatable bonds is 6. The normalized spacial score (nSPS) is 19.8. The Labute approximate surface area is 117 Å². The first kappa shape index (κ1) is 14.3. The number of hydrogen-bond donors (Lipinski definition) is 0. The van der Waals surface area contributed by atoms with E-state index in [0.29, 0.717) is 6.42 Å². The predicted molar refractivity (Wildman–Crippen MR) is 72.9 cm³/mol. The highest BCUT2D eigenvalue weighted by molar-refractivity contribution is 5.71. The molecule has 1 amide bonds. The SMILES string of the molecule is CCC[C@H](C[N+](=O)[O-])N1C(=O)OC[C@H]1c1ccccc1. The van der Waals surface area contributed by atoms with Crippen molar-refractivity contribution in [1.29, 1.82) is 0 Å². The van der Waals surface area contributed by atoms with Crippen molar-refractivity contribution in [2.75, 3.05) is 13.2 Å². The molecule has 1 aliphatic heterocycles. The zero-order chi connectivity index (χ0) is 14.5. The Hall–Kier alpha value is -2.11. The van der Waals surface area contributed by atoms with Gasteiger partial charge < -0.3 is 4.74 Å². The predicted octanol–water partition coefficient (Wildman–Crippen LogP) is 2.63. The van der Waals surface area contributed by atoms with Gasteiger partial charge >= 0.3 is 6.09 Å². The van der Waals surface area contributed by atoms with Crippen LogP contribution >= 0.6 is 0 Å². The maximum absolute atomic E-state index is 11.9. The summed E-state index contributed by atoms with van der Waals surface area (Å²) in [6.07, 6.45) is 0.919. The summed E-state index contributed by atoms with van der Waals surface area (Å²) in [5.74, 6) is 0. The first-order valence-electron chi connectivity index (χ1n) is 6.75. The molecule has 0 radical (unpaired) electrons. The van der Waals surface area contributed by atoms with Crippen molar-refractivity contribution in [2.24, 2.45) is 0 Å². The Bertz CT molecular complexity index is 477. The first-order chi connectivity index (χ1) is 9.63. The maximum atomic E-state index is 11.9. The average Bonchev–Trinajstić information content (AvgIpc) is 2.80. The Balaban J connectivity index is 2.24. The van der Waals surface area contributed by atoms with Crippen LogP contribution < -0.4 is 0 Å². The molecule has 1 aromatic carbocycles. The Morgan fingerprint density at radius 2 is 2.15 bits per heavy atom. The lowest BCUT2D eigenvalue weighted by Gasteiger charge is -2.28. The van der Waals surface area contributed by atoms with Crippen LogP contribution in [0.4, 0.5) is 4.79 Å². The molecule has 1 saturated heterocycles. The Morgan fingerprint density at radius 1 is 1.45 bits per heavy atom. The summed E-state index contributed by atoms with van der Waals surface area (Å²) in [6.45, 7) is 1.96. The molecule has 1 heterocycles. The average molecular weight is 278 g/mol. The fraction of sp³-hybridized carbons (Fsp3) is 0.500. The second-order valence-electron chi connectivity index (χ2n) is 4.87. The van der Waals surface area contributed by atoms with Crippen molar-refractivity contribution >= 4 is 6.09 Å². The van der Waals surface area contributed by atoms with Gasteiger partial charge in [-0.25, -0.2) is 4.79 Å². The van der Waals surface area contributed by atoms with E-state index in [1.54, 1.807) is 0 Å². The Kier molecular flexibility index (Phi) is 4.55. The number of carbonyl (C=O) groups is 1. The molecular formula is C14H18N2O4. The van der Waals surface area contributed by atoms with Gasteiger partial charge in [-0.15, -0.1) is 0 Å². The van der Waals surface area contributed by atoms with Gasteiger partial charge in [0.15, 0.2) is 0 Å². The molecule has 0 N–H and O–H groups in total. The van der Waals surface area contributed by atoms with E-state index in [1.807, 2.05) is 37.3 Å². The number of carbonyl (C=O) groups excluding carboxylic acids is 1. The molecule has 0 aromatic heterocycles. The number of hydrogen-bond acceptors (Lipinski definition) is 4. The number of nitrogens with zero attached hydrogens (tertiary/aromatic N) is 2. The van der Waals surface area contributed by atoms with Crippen molar-refractivity contribution < 1.29 is 14.5 Å². The minimum Gasteiger partial charge on any atom is -0.447 e. The van der Waals surface area contributed by atoms with Crippen LogP contribution in [-0.4, -0.2) is 35.1 Å². The summed E-state index contributed by atoms with van der Waals surface area (Å²) < 4.78 is 5.11. The number of benzene rings is 1. The van der Waals surface area contributed by atoms with E-state index in [0.717, 1.165) is 12.0 Å². The second kappa shape index (κ2) is 6.36. The van der Waals surface area contributed by atoms with Gasteiger partial charge in [0.05, 0.1) is 6.04 Å². The molecule has 108 valence electrons. The van der Waals surface area contributed by atoms with Gasteiger partial charge in [-0.2, -0.15) is 0 Å². The molecule has 1 aromatic rings. The van der Waals surface area contributed by atoms with E-state index in [2.05, 4.69) is 0 Å². The summed E-state index contributed by atoms with van der Waals surface area (Å²) in [7, 11) is 0. The zero-order valence-electron chi connectivity index (χ0n) is 11.4. The van der Waals surface area contributed by atoms with Crippen molar-refractivity contribution in [1.82, 2.24) is 4.90 Å². The first-order valence-corrected chi connectivity index (χ1v) is 6.75. The molecule has 0 spiro atoms. The molecular weight excluding hydrogens is 260 g/mol. The highest BCUT2D eigenvalue weighted by Crippen LogP contribution is 2.31. The third-order valence-electron chi connectivity index (χ3n) is 3.47. The van der Waals surface area contributed by atoms with Gasteiger partial charge in [-0.05, 0) is 12.0 Å². The fourth-order valence-corrected chi connectivity index (χ4v) is 2.59. The van der Waals surface area contributed by atoms with Crippen molar-refractivity contribution in [3.63, 3.8) is 0 Å². The highest BCUT2D eigenvalue weighted by Gasteiger charge is 2.40. The molecule has 20 heavy (non-hydrogen) atoms. The molecule has 0 bridgehead atoms. The van der Waals surface area contributed by atoms with Crippen LogP contribution in [0.5, 0.6) is 0 Å². The van der Waals surface area contributed by atoms with Gasteiger partial charge in [-0.1, -0.05) is 43.7 Å². The summed E-state index contributed by atoms with van der Waals surface area (Å²) in [5.41, 5.74) is 0.947. The molecule has 0 aliphatic carbocycles. The largest absolute Gasteiger partial charge is 0.447 e. The number of ether oxygens (including phenoxy) is 1. The highest BCUT2D eigenvalue weighted by atomic mass is 16.6. The quantitative estimate of drug-likeness (QED) is 0.592. The second-order valence-corrected chi connectivity index (χ2v) is 4.87. The van der Waals surface area contributed by atoms with Gasteiger partial charge in [0.25, 0.3) is 0 Å². The van der Waals surface area contributed by atoms with Gasteiger partial charge in [0.2, 0.25) is 6.54 Å². The summed E-state index contributed by atoms with van der Waals surface area (Å²) in [5, 5.41) is 10.8. The van der Waals surface area contributed by atoms with E-state index in [1.165, 1.54) is 4.90 Å². The molecule has 0 unspecified atom stereocenters. The van der Waals surface area contributed by atoms with E-state index in [-0.39, 0.29) is 24.1 Å². The third-order valence-corrected chi connectivity index (χ3v) is 3.47. The molecule has 6 nitrogen and oxygen atoms in total. The van der Waals surface area contributed by atoms with Crippen molar-refractivity contribution in [2.45, 2.75) is 31.8 Å². The monoisotopic (exact) mass is 278 g/mol. The lowest BCUT2D eigenvalue weighted by Crippen LogP contribution is -2.42. The third kappa shape index (κ3) is 3.07. The van der Waals surface area contributed by atoms with E-state index in [9.17, 15) is 14.9 Å². The van der Waals surface area contributed by atoms with Crippen molar-refractivity contribution in [3.05, 3.63) is 46.0 Å². The maximum Gasteiger partial charge on any atom is 0.410 e. The van der Waals surface area contributed by atoms with Gasteiger partial charge in [0.1, 0.15) is 12.6 Å². The van der Waals surface area contributed by atoms with Crippen LogP contribution in [0.3, 0.4) is 0 Å². The number of amides is 1. The van der Waals surface area contributed by atoms with Crippen LogP contribution in [0, 0.1) is 10.1 Å². The molecule has 2 rings (SSSR count). The standard InChI is InChI=1S/C14H18N2O4/c1-2-6-12(9-15(18)19)16-13(10-20-14(16)17)11-7-4-3-5-8-11/h3-5,7-8,12-13H,2,6,9-10H2,1H3/t12-,13+/m1/s1. The van der Waals surface area contributed by atoms with Crippen LogP contribution in [-0.2, 0) is 4.74 Å². The van der Waals surface area contributed by atoms with E-state index < -0.39 is 12.1 Å². The Morgan fingerprint density at radius 3 is 2.75 bits per heavy atom. The lowest BCUT2D eigenvalue weighted by molar-refractivity contribution is -0.486. The summed E-state index contributed by atoms with van der Waals surface area (Å²) in [4.78, 5) is 23.9. The summed E-state index contributed by atoms with van der Waals surface area (Å²) in [6, 6.07) is 8.84. The lowest BCUT2D eigenvalue weighted by atomic mass is 10.0. The van der Waals surface area contributed by atoms with Gasteiger partial charge in [0, 0.05) is 4.92 Å². The zero-order valence-corrected chi connectivity index (χ0v) is 11.4.